The van der Waals surface area contributed by atoms with Gasteiger partial charge in [0.2, 0.25) is 0 Å². The third-order valence-corrected chi connectivity index (χ3v) is 1.36. The second-order valence-corrected chi connectivity index (χ2v) is 2.27. The van der Waals surface area contributed by atoms with Crippen LogP contribution in [-0.2, 0) is 0 Å². The second-order valence-electron chi connectivity index (χ2n) is 2.27. The lowest BCUT2D eigenvalue weighted by atomic mass is 10.0. The number of allylic oxidation sites excluding steroid dienone is 2. The molecule has 0 rings (SSSR count). The van der Waals surface area contributed by atoms with Crippen molar-refractivity contribution >= 4 is 0 Å². The van der Waals surface area contributed by atoms with Crippen LogP contribution >= 0.6 is 0 Å². The predicted molar refractivity (Wildman–Crippen MR) is 38.8 cm³/mol. The van der Waals surface area contributed by atoms with Gasteiger partial charge in [-0.05, 0) is 19.3 Å². The minimum Gasteiger partial charge on any atom is -0.103 e. The molecule has 0 aliphatic heterocycles. The van der Waals surface area contributed by atoms with Gasteiger partial charge in [0.15, 0.2) is 0 Å². The summed E-state index contributed by atoms with van der Waals surface area (Å²) < 4.78 is 0. The molecule has 0 fully saturated rings. The molecule has 0 aromatic carbocycles. The summed E-state index contributed by atoms with van der Waals surface area (Å²) in [6.45, 7) is 11.7. The van der Waals surface area contributed by atoms with Crippen molar-refractivity contribution < 1.29 is 0 Å². The summed E-state index contributed by atoms with van der Waals surface area (Å²) in [5.41, 5.74) is 1.24. The van der Waals surface area contributed by atoms with Gasteiger partial charge >= 0.3 is 0 Å². The van der Waals surface area contributed by atoms with E-state index in [4.69, 9.17) is 0 Å². The van der Waals surface area contributed by atoms with Crippen LogP contribution in [0.5, 0.6) is 0 Å². The van der Waals surface area contributed by atoms with Gasteiger partial charge in [-0.15, -0.1) is 6.58 Å². The van der Waals surface area contributed by atoms with Crippen LogP contribution in [0, 0.1) is 5.92 Å². The summed E-state index contributed by atoms with van der Waals surface area (Å²) in [4.78, 5) is 0. The lowest BCUT2D eigenvalue weighted by Gasteiger charge is -2.05. The van der Waals surface area contributed by atoms with Crippen molar-refractivity contribution in [2.45, 2.75) is 20.3 Å². The zero-order valence-electron chi connectivity index (χ0n) is 5.78. The molecular weight excluding hydrogens is 96.1 g/mol. The fourth-order valence-corrected chi connectivity index (χ4v) is 0.451. The van der Waals surface area contributed by atoms with Crippen LogP contribution < -0.4 is 0 Å². The fourth-order valence-electron chi connectivity index (χ4n) is 0.451. The first kappa shape index (κ1) is 7.48. The standard InChI is InChI=1S/C8H14/c1-5-6-8(4)7(2)3/h5,8H,1-2,6H2,3-4H3/t8-/m1/s1. The van der Waals surface area contributed by atoms with Gasteiger partial charge in [0.1, 0.15) is 0 Å². The Balaban J connectivity index is 3.46. The van der Waals surface area contributed by atoms with Crippen molar-refractivity contribution in [3.05, 3.63) is 24.8 Å². The van der Waals surface area contributed by atoms with Crippen molar-refractivity contribution in [1.82, 2.24) is 0 Å². The van der Waals surface area contributed by atoms with Crippen molar-refractivity contribution in [1.29, 1.82) is 0 Å². The first-order valence-electron chi connectivity index (χ1n) is 2.94. The molecule has 46 valence electrons. The van der Waals surface area contributed by atoms with Gasteiger partial charge in [-0.25, -0.2) is 0 Å². The van der Waals surface area contributed by atoms with Gasteiger partial charge in [0.25, 0.3) is 0 Å². The van der Waals surface area contributed by atoms with E-state index in [0.717, 1.165) is 6.42 Å². The number of rotatable bonds is 3. The van der Waals surface area contributed by atoms with Crippen molar-refractivity contribution in [2.75, 3.05) is 0 Å². The van der Waals surface area contributed by atoms with Gasteiger partial charge in [-0.3, -0.25) is 0 Å². The van der Waals surface area contributed by atoms with Crippen LogP contribution in [0.3, 0.4) is 0 Å². The van der Waals surface area contributed by atoms with Crippen LogP contribution in [-0.4, -0.2) is 0 Å². The van der Waals surface area contributed by atoms with Gasteiger partial charge in [0.05, 0.1) is 0 Å². The van der Waals surface area contributed by atoms with Crippen molar-refractivity contribution in [3.8, 4) is 0 Å². The fraction of sp³-hybridized carbons (Fsp3) is 0.500. The normalized spacial score (nSPS) is 12.8. The highest BCUT2D eigenvalue weighted by molar-refractivity contribution is 4.96. The van der Waals surface area contributed by atoms with E-state index in [9.17, 15) is 0 Å². The summed E-state index contributed by atoms with van der Waals surface area (Å²) in [5.74, 6) is 0.604. The molecule has 0 aliphatic carbocycles. The molecule has 0 radical (unpaired) electrons. The third-order valence-electron chi connectivity index (χ3n) is 1.36. The van der Waals surface area contributed by atoms with E-state index in [1.54, 1.807) is 0 Å². The Morgan fingerprint density at radius 3 is 2.38 bits per heavy atom. The zero-order valence-corrected chi connectivity index (χ0v) is 5.78. The first-order valence-corrected chi connectivity index (χ1v) is 2.94. The highest BCUT2D eigenvalue weighted by atomic mass is 14.0. The molecule has 0 aliphatic rings. The lowest BCUT2D eigenvalue weighted by molar-refractivity contribution is 0.699. The molecule has 1 atom stereocenters. The molecular formula is C8H14. The highest BCUT2D eigenvalue weighted by Gasteiger charge is 1.96. The minimum atomic E-state index is 0.604. The second kappa shape index (κ2) is 3.48. The highest BCUT2D eigenvalue weighted by Crippen LogP contribution is 2.10. The summed E-state index contributed by atoms with van der Waals surface area (Å²) in [7, 11) is 0. The quantitative estimate of drug-likeness (QED) is 0.490. The van der Waals surface area contributed by atoms with Crippen LogP contribution in [0.1, 0.15) is 20.3 Å². The molecule has 0 spiro atoms. The molecule has 0 saturated carbocycles. The molecule has 0 amide bonds. The lowest BCUT2D eigenvalue weighted by Crippen LogP contribution is -1.90. The van der Waals surface area contributed by atoms with E-state index in [2.05, 4.69) is 20.1 Å². The maximum atomic E-state index is 3.83. The number of hydrogen-bond acceptors (Lipinski definition) is 0. The molecule has 0 bridgehead atoms. The average Bonchev–Trinajstić information content (AvgIpc) is 1.67. The Bertz CT molecular complexity index is 90.2. The Kier molecular flexibility index (Phi) is 3.25. The zero-order chi connectivity index (χ0) is 6.57. The summed E-state index contributed by atoms with van der Waals surface area (Å²) in [6, 6.07) is 0. The van der Waals surface area contributed by atoms with Gasteiger partial charge in [0, 0.05) is 0 Å². The van der Waals surface area contributed by atoms with Crippen molar-refractivity contribution in [3.63, 3.8) is 0 Å². The molecule has 0 N–H and O–H groups in total. The molecule has 0 aromatic heterocycles. The minimum absolute atomic E-state index is 0.604. The van der Waals surface area contributed by atoms with E-state index < -0.39 is 0 Å². The first-order chi connectivity index (χ1) is 3.68. The maximum Gasteiger partial charge on any atom is -0.0203 e. The molecule has 8 heavy (non-hydrogen) atoms. The van der Waals surface area contributed by atoms with Gasteiger partial charge in [-0.1, -0.05) is 25.2 Å². The van der Waals surface area contributed by atoms with E-state index in [0.29, 0.717) is 5.92 Å². The summed E-state index contributed by atoms with van der Waals surface area (Å²) in [5, 5.41) is 0. The van der Waals surface area contributed by atoms with E-state index in [1.807, 2.05) is 13.0 Å². The van der Waals surface area contributed by atoms with Crippen LogP contribution in [0.15, 0.2) is 24.8 Å². The largest absolute Gasteiger partial charge is 0.103 e. The Morgan fingerprint density at radius 1 is 1.75 bits per heavy atom. The maximum absolute atomic E-state index is 3.83. The van der Waals surface area contributed by atoms with Gasteiger partial charge in [-0.2, -0.15) is 0 Å². The number of hydrogen-bond donors (Lipinski definition) is 0. The van der Waals surface area contributed by atoms with Crippen LogP contribution in [0.2, 0.25) is 0 Å². The van der Waals surface area contributed by atoms with E-state index >= 15 is 0 Å². The molecule has 0 aromatic rings. The molecule has 0 heterocycles. The Labute approximate surface area is 51.9 Å². The Hall–Kier alpha value is -0.520. The molecule has 0 unspecified atom stereocenters. The third kappa shape index (κ3) is 2.62. The van der Waals surface area contributed by atoms with E-state index in [-0.39, 0.29) is 0 Å². The molecule has 0 heteroatoms. The smallest absolute Gasteiger partial charge is 0.0203 e. The van der Waals surface area contributed by atoms with Crippen molar-refractivity contribution in [2.24, 2.45) is 5.92 Å². The Morgan fingerprint density at radius 2 is 2.25 bits per heavy atom. The van der Waals surface area contributed by atoms with Crippen LogP contribution in [0.25, 0.3) is 0 Å². The predicted octanol–water partition coefficient (Wildman–Crippen LogP) is 2.77. The van der Waals surface area contributed by atoms with Gasteiger partial charge < -0.3 is 0 Å². The summed E-state index contributed by atoms with van der Waals surface area (Å²) >= 11 is 0. The monoisotopic (exact) mass is 110 g/mol. The molecule has 0 saturated heterocycles. The average molecular weight is 110 g/mol. The SMILES string of the molecule is C=CC[C@@H](C)C(=C)C. The van der Waals surface area contributed by atoms with Crippen LogP contribution in [0.4, 0.5) is 0 Å². The molecule has 0 nitrogen and oxygen atoms in total. The topological polar surface area (TPSA) is 0 Å². The summed E-state index contributed by atoms with van der Waals surface area (Å²) in [6.07, 6.45) is 2.98. The van der Waals surface area contributed by atoms with E-state index in [1.165, 1.54) is 5.57 Å².